The number of hydrazine groups is 1. The SMILES string of the molecule is CC(=O)N1CCN(c2ccc(CCc3cccc(CC(=O)NNC(=O)OC(C)(C)C)c3)nc2)CC1. The second-order valence-electron chi connectivity index (χ2n) is 9.67. The van der Waals surface area contributed by atoms with E-state index >= 15 is 0 Å². The van der Waals surface area contributed by atoms with Crippen molar-refractivity contribution >= 4 is 23.6 Å². The average Bonchev–Trinajstić information content (AvgIpc) is 2.81. The van der Waals surface area contributed by atoms with Crippen LogP contribution in [0.5, 0.6) is 0 Å². The number of pyridine rings is 1. The lowest BCUT2D eigenvalue weighted by molar-refractivity contribution is -0.129. The van der Waals surface area contributed by atoms with E-state index in [2.05, 4.69) is 26.8 Å². The Kier molecular flexibility index (Phi) is 8.68. The largest absolute Gasteiger partial charge is 0.443 e. The van der Waals surface area contributed by atoms with Crippen LogP contribution in [-0.4, -0.2) is 59.6 Å². The molecule has 1 saturated heterocycles. The molecule has 1 fully saturated rings. The van der Waals surface area contributed by atoms with Crippen molar-refractivity contribution in [2.45, 2.75) is 52.6 Å². The summed E-state index contributed by atoms with van der Waals surface area (Å²) in [5.74, 6) is -0.199. The van der Waals surface area contributed by atoms with E-state index in [0.29, 0.717) is 0 Å². The molecule has 0 radical (unpaired) electrons. The van der Waals surface area contributed by atoms with Gasteiger partial charge in [-0.1, -0.05) is 24.3 Å². The number of amides is 3. The molecule has 1 aromatic heterocycles. The van der Waals surface area contributed by atoms with Gasteiger partial charge in [-0.2, -0.15) is 0 Å². The molecule has 0 aliphatic carbocycles. The number of nitrogens with zero attached hydrogens (tertiary/aromatic N) is 3. The fourth-order valence-electron chi connectivity index (χ4n) is 3.85. The number of carbonyl (C=O) groups is 3. The molecule has 0 unspecified atom stereocenters. The van der Waals surface area contributed by atoms with Gasteiger partial charge in [0, 0.05) is 38.8 Å². The Balaban J connectivity index is 1.45. The van der Waals surface area contributed by atoms with E-state index in [1.54, 1.807) is 27.7 Å². The number of piperazine rings is 1. The van der Waals surface area contributed by atoms with Gasteiger partial charge in [-0.05, 0) is 56.9 Å². The van der Waals surface area contributed by atoms with Crippen LogP contribution >= 0.6 is 0 Å². The number of ether oxygens (including phenoxy) is 1. The molecule has 3 amide bonds. The highest BCUT2D eigenvalue weighted by molar-refractivity contribution is 5.81. The predicted molar refractivity (Wildman–Crippen MR) is 134 cm³/mol. The van der Waals surface area contributed by atoms with E-state index in [4.69, 9.17) is 4.74 Å². The fraction of sp³-hybridized carbons (Fsp3) is 0.462. The van der Waals surface area contributed by atoms with Gasteiger partial charge in [0.15, 0.2) is 0 Å². The summed E-state index contributed by atoms with van der Waals surface area (Å²) in [6.45, 7) is 9.97. The maximum atomic E-state index is 12.2. The van der Waals surface area contributed by atoms with Gasteiger partial charge in [0.25, 0.3) is 0 Å². The first-order valence-electron chi connectivity index (χ1n) is 11.9. The van der Waals surface area contributed by atoms with Crippen molar-refractivity contribution in [3.8, 4) is 0 Å². The number of hydrogen-bond donors (Lipinski definition) is 2. The smallest absolute Gasteiger partial charge is 0.426 e. The lowest BCUT2D eigenvalue weighted by Crippen LogP contribution is -2.48. The Morgan fingerprint density at radius 2 is 1.69 bits per heavy atom. The van der Waals surface area contributed by atoms with E-state index in [-0.39, 0.29) is 18.2 Å². The van der Waals surface area contributed by atoms with Crippen LogP contribution in [0.15, 0.2) is 42.6 Å². The van der Waals surface area contributed by atoms with Crippen LogP contribution in [0.4, 0.5) is 10.5 Å². The summed E-state index contributed by atoms with van der Waals surface area (Å²) >= 11 is 0. The van der Waals surface area contributed by atoms with Crippen LogP contribution < -0.4 is 15.8 Å². The molecule has 188 valence electrons. The summed E-state index contributed by atoms with van der Waals surface area (Å²) in [6, 6.07) is 12.0. The van der Waals surface area contributed by atoms with E-state index in [9.17, 15) is 14.4 Å². The highest BCUT2D eigenvalue weighted by Crippen LogP contribution is 2.17. The molecule has 9 heteroatoms. The minimum atomic E-state index is -0.698. The van der Waals surface area contributed by atoms with Gasteiger partial charge >= 0.3 is 6.09 Å². The van der Waals surface area contributed by atoms with Gasteiger partial charge in [-0.15, -0.1) is 0 Å². The Morgan fingerprint density at radius 1 is 0.971 bits per heavy atom. The summed E-state index contributed by atoms with van der Waals surface area (Å²) in [6.07, 6.45) is 2.94. The quantitative estimate of drug-likeness (QED) is 0.615. The molecular weight excluding hydrogens is 446 g/mol. The summed E-state index contributed by atoms with van der Waals surface area (Å²) in [7, 11) is 0. The van der Waals surface area contributed by atoms with Crippen LogP contribution in [0, 0.1) is 0 Å². The van der Waals surface area contributed by atoms with Gasteiger partial charge in [0.1, 0.15) is 5.60 Å². The molecule has 0 bridgehead atoms. The number of aromatic nitrogens is 1. The van der Waals surface area contributed by atoms with E-state index < -0.39 is 11.7 Å². The third-order valence-corrected chi connectivity index (χ3v) is 5.63. The summed E-state index contributed by atoms with van der Waals surface area (Å²) in [5, 5.41) is 0. The van der Waals surface area contributed by atoms with Gasteiger partial charge in [0.05, 0.1) is 18.3 Å². The molecule has 3 rings (SSSR count). The number of aryl methyl sites for hydroxylation is 2. The first-order chi connectivity index (χ1) is 16.6. The van der Waals surface area contributed by atoms with Gasteiger partial charge < -0.3 is 14.5 Å². The molecule has 1 aromatic carbocycles. The van der Waals surface area contributed by atoms with Crippen LogP contribution in [0.1, 0.15) is 44.5 Å². The Morgan fingerprint density at radius 3 is 2.31 bits per heavy atom. The summed E-state index contributed by atoms with van der Waals surface area (Å²) in [5.41, 5.74) is 8.05. The van der Waals surface area contributed by atoms with Gasteiger partial charge in [-0.3, -0.25) is 20.0 Å². The van der Waals surface area contributed by atoms with Crippen molar-refractivity contribution < 1.29 is 19.1 Å². The summed E-state index contributed by atoms with van der Waals surface area (Å²) in [4.78, 5) is 44.1. The molecule has 1 aliphatic rings. The molecule has 1 aliphatic heterocycles. The van der Waals surface area contributed by atoms with Crippen LogP contribution in [-0.2, 0) is 33.6 Å². The highest BCUT2D eigenvalue weighted by Gasteiger charge is 2.19. The van der Waals surface area contributed by atoms with E-state index in [1.807, 2.05) is 41.4 Å². The first-order valence-corrected chi connectivity index (χ1v) is 11.9. The van der Waals surface area contributed by atoms with Crippen molar-refractivity contribution in [2.75, 3.05) is 31.1 Å². The number of anilines is 1. The topological polar surface area (TPSA) is 104 Å². The average molecular weight is 482 g/mol. The summed E-state index contributed by atoms with van der Waals surface area (Å²) < 4.78 is 5.10. The maximum absolute atomic E-state index is 12.2. The van der Waals surface area contributed by atoms with Gasteiger partial charge in [-0.25, -0.2) is 10.2 Å². The third kappa shape index (κ3) is 8.59. The minimum absolute atomic E-state index is 0.125. The zero-order valence-corrected chi connectivity index (χ0v) is 21.0. The van der Waals surface area contributed by atoms with Gasteiger partial charge in [0.2, 0.25) is 11.8 Å². The third-order valence-electron chi connectivity index (χ3n) is 5.63. The Hall–Kier alpha value is -3.62. The maximum Gasteiger partial charge on any atom is 0.426 e. The molecule has 2 heterocycles. The normalized spacial score (nSPS) is 13.8. The molecule has 2 aromatic rings. The molecule has 0 spiro atoms. The minimum Gasteiger partial charge on any atom is -0.443 e. The number of nitrogens with one attached hydrogen (secondary N) is 2. The van der Waals surface area contributed by atoms with Crippen molar-refractivity contribution in [1.29, 1.82) is 0 Å². The number of hydrogen-bond acceptors (Lipinski definition) is 6. The molecule has 2 N–H and O–H groups in total. The molecule has 0 saturated carbocycles. The standard InChI is InChI=1S/C26H35N5O4/c1-19(32)30-12-14-31(15-13-30)23-11-10-22(27-18-23)9-8-20-6-5-7-21(16-20)17-24(33)28-29-25(34)35-26(2,3)4/h5-7,10-11,16,18H,8-9,12-15,17H2,1-4H3,(H,28,33)(H,29,34). The van der Waals surface area contributed by atoms with E-state index in [1.165, 1.54) is 0 Å². The molecule has 9 nitrogen and oxygen atoms in total. The lowest BCUT2D eigenvalue weighted by Gasteiger charge is -2.35. The number of benzene rings is 1. The van der Waals surface area contributed by atoms with Crippen molar-refractivity contribution in [3.05, 3.63) is 59.4 Å². The first kappa shape index (κ1) is 26.0. The molecule has 35 heavy (non-hydrogen) atoms. The Labute approximate surface area is 206 Å². The van der Waals surface area contributed by atoms with Crippen LogP contribution in [0.3, 0.4) is 0 Å². The lowest BCUT2D eigenvalue weighted by atomic mass is 10.0. The second kappa shape index (κ2) is 11.7. The number of rotatable bonds is 6. The highest BCUT2D eigenvalue weighted by atomic mass is 16.6. The van der Waals surface area contributed by atoms with Crippen LogP contribution in [0.25, 0.3) is 0 Å². The van der Waals surface area contributed by atoms with Crippen molar-refractivity contribution in [2.24, 2.45) is 0 Å². The zero-order chi connectivity index (χ0) is 25.4. The van der Waals surface area contributed by atoms with Crippen LogP contribution in [0.2, 0.25) is 0 Å². The molecular formula is C26H35N5O4. The molecule has 0 atom stereocenters. The van der Waals surface area contributed by atoms with Crippen molar-refractivity contribution in [3.63, 3.8) is 0 Å². The zero-order valence-electron chi connectivity index (χ0n) is 21.0. The monoisotopic (exact) mass is 481 g/mol. The van der Waals surface area contributed by atoms with Crippen molar-refractivity contribution in [1.82, 2.24) is 20.7 Å². The second-order valence-corrected chi connectivity index (χ2v) is 9.67. The number of carbonyl (C=O) groups excluding carboxylic acids is 3. The predicted octanol–water partition coefficient (Wildman–Crippen LogP) is 2.63. The fourth-order valence-corrected chi connectivity index (χ4v) is 3.85. The Bertz CT molecular complexity index is 1020. The van der Waals surface area contributed by atoms with E-state index in [0.717, 1.165) is 61.5 Å².